The van der Waals surface area contributed by atoms with Crippen molar-refractivity contribution in [2.75, 3.05) is 25.1 Å². The molecule has 1 N–H and O–H groups in total. The summed E-state index contributed by atoms with van der Waals surface area (Å²) in [6, 6.07) is 5.47. The van der Waals surface area contributed by atoms with E-state index in [1.165, 1.54) is 11.3 Å². The van der Waals surface area contributed by atoms with Crippen LogP contribution in [0, 0.1) is 0 Å². The lowest BCUT2D eigenvalue weighted by Gasteiger charge is -2.32. The van der Waals surface area contributed by atoms with Gasteiger partial charge < -0.3 is 9.64 Å². The highest BCUT2D eigenvalue weighted by atomic mass is 32.1. The maximum Gasteiger partial charge on any atom is 0.324 e. The number of pyridine rings is 1. The van der Waals surface area contributed by atoms with Crippen molar-refractivity contribution in [2.24, 2.45) is 0 Å². The van der Waals surface area contributed by atoms with Crippen LogP contribution in [0.15, 0.2) is 24.4 Å². The van der Waals surface area contributed by atoms with E-state index in [4.69, 9.17) is 4.74 Å². The molecule has 8 heteroatoms. The number of aromatic nitrogens is 3. The first-order valence-electron chi connectivity index (χ1n) is 6.64. The van der Waals surface area contributed by atoms with Crippen LogP contribution in [0.25, 0.3) is 10.7 Å². The minimum atomic E-state index is -0.172. The van der Waals surface area contributed by atoms with Gasteiger partial charge in [0.25, 0.3) is 0 Å². The Labute approximate surface area is 126 Å². The molecule has 21 heavy (non-hydrogen) atoms. The van der Waals surface area contributed by atoms with Crippen LogP contribution in [-0.2, 0) is 4.74 Å². The molecule has 0 unspecified atom stereocenters. The Morgan fingerprint density at radius 2 is 2.38 bits per heavy atom. The number of carbonyl (C=O) groups is 1. The van der Waals surface area contributed by atoms with Crippen molar-refractivity contribution in [3.63, 3.8) is 0 Å². The van der Waals surface area contributed by atoms with Crippen LogP contribution in [-0.4, -0.2) is 51.9 Å². The molecule has 3 heterocycles. The fourth-order valence-electron chi connectivity index (χ4n) is 2.06. The van der Waals surface area contributed by atoms with E-state index in [2.05, 4.69) is 20.5 Å². The predicted octanol–water partition coefficient (Wildman–Crippen LogP) is 1.85. The molecular formula is C13H15N5O2S. The number of urea groups is 1. The lowest BCUT2D eigenvalue weighted by molar-refractivity contribution is 0.0221. The monoisotopic (exact) mass is 305 g/mol. The van der Waals surface area contributed by atoms with Gasteiger partial charge in [0, 0.05) is 12.7 Å². The first-order valence-corrected chi connectivity index (χ1v) is 7.46. The molecule has 2 aromatic heterocycles. The average molecular weight is 305 g/mol. The van der Waals surface area contributed by atoms with Crippen LogP contribution < -0.4 is 5.32 Å². The number of rotatable bonds is 2. The minimum Gasteiger partial charge on any atom is -0.377 e. The van der Waals surface area contributed by atoms with Gasteiger partial charge in [0.2, 0.25) is 5.13 Å². The van der Waals surface area contributed by atoms with Crippen molar-refractivity contribution in [2.45, 2.75) is 13.0 Å². The Morgan fingerprint density at radius 3 is 3.14 bits per heavy atom. The normalized spacial score (nSPS) is 18.5. The zero-order valence-electron chi connectivity index (χ0n) is 11.5. The predicted molar refractivity (Wildman–Crippen MR) is 79.1 cm³/mol. The smallest absolute Gasteiger partial charge is 0.324 e. The van der Waals surface area contributed by atoms with Gasteiger partial charge >= 0.3 is 6.03 Å². The van der Waals surface area contributed by atoms with E-state index in [1.807, 2.05) is 25.1 Å². The van der Waals surface area contributed by atoms with E-state index in [9.17, 15) is 4.79 Å². The van der Waals surface area contributed by atoms with E-state index < -0.39 is 0 Å². The first-order chi connectivity index (χ1) is 10.2. The molecule has 2 aromatic rings. The Balaban J connectivity index is 1.68. The topological polar surface area (TPSA) is 80.2 Å². The molecule has 1 saturated heterocycles. The van der Waals surface area contributed by atoms with Gasteiger partial charge in [-0.05, 0) is 19.1 Å². The summed E-state index contributed by atoms with van der Waals surface area (Å²) in [4.78, 5) is 18.2. The zero-order valence-corrected chi connectivity index (χ0v) is 12.3. The standard InChI is InChI=1S/C13H15N5O2S/c1-9-8-20-7-6-18(9)13(19)15-12-17-16-11(21-12)10-4-2-3-5-14-10/h2-5,9H,6-8H2,1H3,(H,15,17,19)/t9-/m1/s1. The molecule has 2 amide bonds. The Morgan fingerprint density at radius 1 is 1.48 bits per heavy atom. The van der Waals surface area contributed by atoms with Gasteiger partial charge in [0.1, 0.15) is 5.69 Å². The summed E-state index contributed by atoms with van der Waals surface area (Å²) in [6.45, 7) is 3.66. The van der Waals surface area contributed by atoms with Crippen molar-refractivity contribution in [1.82, 2.24) is 20.1 Å². The number of amides is 2. The molecule has 1 atom stereocenters. The average Bonchev–Trinajstić information content (AvgIpc) is 2.97. The molecule has 0 aliphatic carbocycles. The third-order valence-corrected chi connectivity index (χ3v) is 4.01. The number of carbonyl (C=O) groups excluding carboxylic acids is 1. The molecule has 7 nitrogen and oxygen atoms in total. The molecule has 3 rings (SSSR count). The molecule has 0 bridgehead atoms. The van der Waals surface area contributed by atoms with Crippen LogP contribution in [0.2, 0.25) is 0 Å². The summed E-state index contributed by atoms with van der Waals surface area (Å²) in [6.07, 6.45) is 1.70. The van der Waals surface area contributed by atoms with Crippen LogP contribution in [0.3, 0.4) is 0 Å². The highest BCUT2D eigenvalue weighted by Gasteiger charge is 2.24. The molecule has 0 radical (unpaired) electrons. The third kappa shape index (κ3) is 3.17. The number of morpholine rings is 1. The molecule has 0 aromatic carbocycles. The van der Waals surface area contributed by atoms with E-state index in [0.717, 1.165) is 5.69 Å². The quantitative estimate of drug-likeness (QED) is 0.916. The SMILES string of the molecule is C[C@@H]1COCCN1C(=O)Nc1nnc(-c2ccccn2)s1. The van der Waals surface area contributed by atoms with Gasteiger partial charge in [-0.1, -0.05) is 17.4 Å². The largest absolute Gasteiger partial charge is 0.377 e. The fourth-order valence-corrected chi connectivity index (χ4v) is 2.77. The summed E-state index contributed by atoms with van der Waals surface area (Å²) in [5, 5.41) is 12.0. The van der Waals surface area contributed by atoms with Crippen LogP contribution in [0.4, 0.5) is 9.93 Å². The molecule has 110 valence electrons. The highest BCUT2D eigenvalue weighted by Crippen LogP contribution is 2.24. The molecular weight excluding hydrogens is 290 g/mol. The molecule has 0 saturated carbocycles. The Bertz CT molecular complexity index is 618. The van der Waals surface area contributed by atoms with E-state index >= 15 is 0 Å². The summed E-state index contributed by atoms with van der Waals surface area (Å²) in [5.41, 5.74) is 0.746. The molecule has 0 spiro atoms. The minimum absolute atomic E-state index is 0.0573. The number of ether oxygens (including phenoxy) is 1. The summed E-state index contributed by atoms with van der Waals surface area (Å²) >= 11 is 1.30. The number of anilines is 1. The molecule has 1 aliphatic rings. The van der Waals surface area contributed by atoms with Crippen LogP contribution in [0.5, 0.6) is 0 Å². The maximum absolute atomic E-state index is 12.2. The van der Waals surface area contributed by atoms with Crippen molar-refractivity contribution >= 4 is 22.5 Å². The van der Waals surface area contributed by atoms with Gasteiger partial charge in [-0.2, -0.15) is 0 Å². The third-order valence-electron chi connectivity index (χ3n) is 3.15. The van der Waals surface area contributed by atoms with Crippen molar-refractivity contribution in [1.29, 1.82) is 0 Å². The van der Waals surface area contributed by atoms with Gasteiger partial charge in [0.15, 0.2) is 5.01 Å². The van der Waals surface area contributed by atoms with Gasteiger partial charge in [-0.25, -0.2) is 4.79 Å². The Kier molecular flexibility index (Phi) is 4.07. The second-order valence-corrected chi connectivity index (χ2v) is 5.65. The fraction of sp³-hybridized carbons (Fsp3) is 0.385. The van der Waals surface area contributed by atoms with E-state index in [0.29, 0.717) is 29.9 Å². The second kappa shape index (κ2) is 6.15. The first kappa shape index (κ1) is 13.9. The lowest BCUT2D eigenvalue weighted by Crippen LogP contribution is -2.48. The van der Waals surface area contributed by atoms with Crippen molar-refractivity contribution < 1.29 is 9.53 Å². The summed E-state index contributed by atoms with van der Waals surface area (Å²) in [7, 11) is 0. The Hall–Kier alpha value is -2.06. The molecule has 1 aliphatic heterocycles. The number of hydrogen-bond donors (Lipinski definition) is 1. The number of hydrogen-bond acceptors (Lipinski definition) is 6. The zero-order chi connectivity index (χ0) is 14.7. The summed E-state index contributed by atoms with van der Waals surface area (Å²) in [5.74, 6) is 0. The molecule has 1 fully saturated rings. The second-order valence-electron chi connectivity index (χ2n) is 4.67. The number of nitrogens with one attached hydrogen (secondary N) is 1. The van der Waals surface area contributed by atoms with Gasteiger partial charge in [0.05, 0.1) is 19.3 Å². The highest BCUT2D eigenvalue weighted by molar-refractivity contribution is 7.18. The van der Waals surface area contributed by atoms with Gasteiger partial charge in [-0.3, -0.25) is 10.3 Å². The maximum atomic E-state index is 12.2. The van der Waals surface area contributed by atoms with Crippen molar-refractivity contribution in [3.05, 3.63) is 24.4 Å². The van der Waals surface area contributed by atoms with E-state index in [-0.39, 0.29) is 12.1 Å². The summed E-state index contributed by atoms with van der Waals surface area (Å²) < 4.78 is 5.32. The van der Waals surface area contributed by atoms with Crippen LogP contribution in [0.1, 0.15) is 6.92 Å². The number of nitrogens with zero attached hydrogens (tertiary/aromatic N) is 4. The van der Waals surface area contributed by atoms with E-state index in [1.54, 1.807) is 11.1 Å². The lowest BCUT2D eigenvalue weighted by atomic mass is 10.3. The van der Waals surface area contributed by atoms with Gasteiger partial charge in [-0.15, -0.1) is 10.2 Å². The van der Waals surface area contributed by atoms with Crippen LogP contribution >= 0.6 is 11.3 Å². The van der Waals surface area contributed by atoms with Crippen molar-refractivity contribution in [3.8, 4) is 10.7 Å².